The minimum Gasteiger partial charge on any atom is -0.392 e. The lowest BCUT2D eigenvalue weighted by Gasteiger charge is -2.20. The first kappa shape index (κ1) is 7.14. The average Bonchev–Trinajstić information content (AvgIpc) is 2.47. The summed E-state index contributed by atoms with van der Waals surface area (Å²) >= 11 is 0. The molecule has 1 aliphatic carbocycles. The third-order valence-electron chi connectivity index (χ3n) is 2.78. The van der Waals surface area contributed by atoms with Crippen LogP contribution in [0.2, 0.25) is 0 Å². The van der Waals surface area contributed by atoms with Gasteiger partial charge in [-0.2, -0.15) is 0 Å². The zero-order valence-electron chi connectivity index (χ0n) is 7.05. The first-order chi connectivity index (χ1) is 5.42. The summed E-state index contributed by atoms with van der Waals surface area (Å²) in [5.74, 6) is 0.675. The van der Waals surface area contributed by atoms with Crippen LogP contribution in [0.15, 0.2) is 5.16 Å². The van der Waals surface area contributed by atoms with E-state index in [1.54, 1.807) is 0 Å². The smallest absolute Gasteiger partial charge is 0.135 e. The van der Waals surface area contributed by atoms with E-state index < -0.39 is 0 Å². The summed E-state index contributed by atoms with van der Waals surface area (Å²) in [4.78, 5) is 5.34. The summed E-state index contributed by atoms with van der Waals surface area (Å²) in [5.41, 5.74) is 1.34. The topological polar surface area (TPSA) is 21.6 Å². The van der Waals surface area contributed by atoms with Crippen molar-refractivity contribution in [2.24, 2.45) is 11.1 Å². The second-order valence-electron chi connectivity index (χ2n) is 3.49. The summed E-state index contributed by atoms with van der Waals surface area (Å²) in [5, 5.41) is 4.13. The van der Waals surface area contributed by atoms with E-state index in [0.717, 1.165) is 6.42 Å². The number of fused-ring (bicyclic) bond motifs is 1. The number of nitrogens with zero attached hydrogens (tertiary/aromatic N) is 1. The van der Waals surface area contributed by atoms with Crippen molar-refractivity contribution in [3.05, 3.63) is 0 Å². The number of rotatable bonds is 1. The molecule has 0 aromatic heterocycles. The van der Waals surface area contributed by atoms with Gasteiger partial charge in [-0.25, -0.2) is 0 Å². The summed E-state index contributed by atoms with van der Waals surface area (Å²) in [7, 11) is 0. The van der Waals surface area contributed by atoms with Crippen molar-refractivity contribution in [3.63, 3.8) is 0 Å². The predicted molar refractivity (Wildman–Crippen MR) is 44.6 cm³/mol. The number of oxime groups is 1. The van der Waals surface area contributed by atoms with Crippen LogP contribution in [0.5, 0.6) is 0 Å². The fourth-order valence-corrected chi connectivity index (χ4v) is 2.10. The molecule has 2 heteroatoms. The molecule has 62 valence electrons. The molecule has 0 N–H and O–H groups in total. The van der Waals surface area contributed by atoms with Crippen LogP contribution < -0.4 is 0 Å². The molecule has 0 aromatic carbocycles. The van der Waals surface area contributed by atoms with E-state index in [1.807, 2.05) is 0 Å². The molecule has 2 rings (SSSR count). The number of hydrogen-bond donors (Lipinski definition) is 0. The molecule has 0 spiro atoms. The molecule has 2 nitrogen and oxygen atoms in total. The normalized spacial score (nSPS) is 35.9. The second kappa shape index (κ2) is 2.84. The van der Waals surface area contributed by atoms with E-state index in [4.69, 9.17) is 4.84 Å². The summed E-state index contributed by atoms with van der Waals surface area (Å²) < 4.78 is 0. The van der Waals surface area contributed by atoms with Crippen LogP contribution in [0.1, 0.15) is 39.0 Å². The quantitative estimate of drug-likeness (QED) is 0.566. The van der Waals surface area contributed by atoms with Gasteiger partial charge in [-0.15, -0.1) is 0 Å². The minimum absolute atomic E-state index is 0.408. The molecule has 1 heterocycles. The van der Waals surface area contributed by atoms with E-state index in [-0.39, 0.29) is 0 Å². The largest absolute Gasteiger partial charge is 0.392 e. The fraction of sp³-hybridized carbons (Fsp3) is 0.889. The maximum absolute atomic E-state index is 5.34. The van der Waals surface area contributed by atoms with Gasteiger partial charge in [-0.3, -0.25) is 0 Å². The lowest BCUT2D eigenvalue weighted by molar-refractivity contribution is 0.0566. The van der Waals surface area contributed by atoms with Crippen molar-refractivity contribution in [1.29, 1.82) is 0 Å². The van der Waals surface area contributed by atoms with Crippen LogP contribution in [0, 0.1) is 5.92 Å². The van der Waals surface area contributed by atoms with Gasteiger partial charge in [0, 0.05) is 5.92 Å². The Morgan fingerprint density at radius 2 is 2.45 bits per heavy atom. The average molecular weight is 153 g/mol. The van der Waals surface area contributed by atoms with Crippen molar-refractivity contribution < 1.29 is 4.84 Å². The fourth-order valence-electron chi connectivity index (χ4n) is 2.10. The highest BCUT2D eigenvalue weighted by molar-refractivity contribution is 5.88. The Hall–Kier alpha value is -0.530. The van der Waals surface area contributed by atoms with Crippen molar-refractivity contribution in [2.75, 3.05) is 0 Å². The Morgan fingerprint density at radius 3 is 3.27 bits per heavy atom. The van der Waals surface area contributed by atoms with Crippen LogP contribution in [0.3, 0.4) is 0 Å². The first-order valence-corrected chi connectivity index (χ1v) is 4.64. The van der Waals surface area contributed by atoms with Gasteiger partial charge in [0.2, 0.25) is 0 Å². The molecule has 2 unspecified atom stereocenters. The molecule has 1 saturated carbocycles. The molecule has 11 heavy (non-hydrogen) atoms. The lowest BCUT2D eigenvalue weighted by atomic mass is 9.83. The molecule has 0 radical (unpaired) electrons. The zero-order valence-corrected chi connectivity index (χ0v) is 7.05. The van der Waals surface area contributed by atoms with E-state index in [1.165, 1.54) is 31.4 Å². The van der Waals surface area contributed by atoms with Gasteiger partial charge in [0.15, 0.2) is 0 Å². The van der Waals surface area contributed by atoms with Gasteiger partial charge < -0.3 is 4.84 Å². The summed E-state index contributed by atoms with van der Waals surface area (Å²) in [6.07, 6.45) is 6.68. The van der Waals surface area contributed by atoms with E-state index in [2.05, 4.69) is 12.1 Å². The summed E-state index contributed by atoms with van der Waals surface area (Å²) in [6.45, 7) is 2.18. The van der Waals surface area contributed by atoms with Crippen LogP contribution >= 0.6 is 0 Å². The molecule has 0 saturated heterocycles. The Kier molecular flexibility index (Phi) is 1.84. The van der Waals surface area contributed by atoms with Crippen LogP contribution in [-0.4, -0.2) is 11.8 Å². The lowest BCUT2D eigenvalue weighted by Crippen LogP contribution is -2.25. The van der Waals surface area contributed by atoms with Crippen molar-refractivity contribution in [3.8, 4) is 0 Å². The second-order valence-corrected chi connectivity index (χ2v) is 3.49. The molecule has 1 aliphatic heterocycles. The molecule has 1 fully saturated rings. The van der Waals surface area contributed by atoms with Crippen LogP contribution in [-0.2, 0) is 4.84 Å². The van der Waals surface area contributed by atoms with Crippen LogP contribution in [0.4, 0.5) is 0 Å². The zero-order chi connectivity index (χ0) is 7.68. The molecule has 0 bridgehead atoms. The number of hydrogen-bond acceptors (Lipinski definition) is 2. The first-order valence-electron chi connectivity index (χ1n) is 4.64. The van der Waals surface area contributed by atoms with E-state index in [9.17, 15) is 0 Å². The van der Waals surface area contributed by atoms with E-state index in [0.29, 0.717) is 12.0 Å². The Labute approximate surface area is 67.6 Å². The molecule has 0 aromatic rings. The molecular weight excluding hydrogens is 138 g/mol. The van der Waals surface area contributed by atoms with Gasteiger partial charge in [-0.1, -0.05) is 18.5 Å². The van der Waals surface area contributed by atoms with Crippen molar-refractivity contribution in [1.82, 2.24) is 0 Å². The Balaban J connectivity index is 2.05. The standard InChI is InChI=1S/C9H15NO/c1-2-9-7-5-3-4-6-8(7)10-11-9/h7,9H,2-6H2,1H3. The molecular formula is C9H15NO. The Bertz CT molecular complexity index is 176. The van der Waals surface area contributed by atoms with Gasteiger partial charge >= 0.3 is 0 Å². The highest BCUT2D eigenvalue weighted by Gasteiger charge is 2.33. The molecule has 2 atom stereocenters. The van der Waals surface area contributed by atoms with E-state index >= 15 is 0 Å². The SMILES string of the molecule is CCC1ON=C2CCCCC21. The maximum atomic E-state index is 5.34. The van der Waals surface area contributed by atoms with Gasteiger partial charge in [0.05, 0.1) is 5.71 Å². The monoisotopic (exact) mass is 153 g/mol. The van der Waals surface area contributed by atoms with Gasteiger partial charge in [0.1, 0.15) is 6.10 Å². The third kappa shape index (κ3) is 1.15. The molecule has 2 aliphatic rings. The predicted octanol–water partition coefficient (Wildman–Crippen LogP) is 2.34. The highest BCUT2D eigenvalue weighted by atomic mass is 16.6. The van der Waals surface area contributed by atoms with Gasteiger partial charge in [-0.05, 0) is 25.7 Å². The minimum atomic E-state index is 0.408. The van der Waals surface area contributed by atoms with Crippen molar-refractivity contribution >= 4 is 5.71 Å². The van der Waals surface area contributed by atoms with Crippen molar-refractivity contribution in [2.45, 2.75) is 45.1 Å². The maximum Gasteiger partial charge on any atom is 0.135 e. The Morgan fingerprint density at radius 1 is 1.55 bits per heavy atom. The van der Waals surface area contributed by atoms with Crippen LogP contribution in [0.25, 0.3) is 0 Å². The highest BCUT2D eigenvalue weighted by Crippen LogP contribution is 2.32. The summed E-state index contributed by atoms with van der Waals surface area (Å²) in [6, 6.07) is 0. The van der Waals surface area contributed by atoms with Gasteiger partial charge in [0.25, 0.3) is 0 Å². The third-order valence-corrected chi connectivity index (χ3v) is 2.78. The molecule has 0 amide bonds.